The number of imidazole rings is 1. The average molecular weight is 331 g/mol. The molecule has 3 aromatic rings. The molecule has 1 aliphatic heterocycles. The molecule has 3 heterocycles. The zero-order chi connectivity index (χ0) is 16.0. The molecule has 0 aliphatic carbocycles. The number of aromatic amines is 1. The second-order valence-corrected chi connectivity index (χ2v) is 6.17. The molecule has 0 spiro atoms. The van der Waals surface area contributed by atoms with E-state index in [1.807, 2.05) is 0 Å². The van der Waals surface area contributed by atoms with Crippen molar-refractivity contribution in [3.63, 3.8) is 0 Å². The van der Waals surface area contributed by atoms with Gasteiger partial charge in [0.1, 0.15) is 11.6 Å². The van der Waals surface area contributed by atoms with Gasteiger partial charge in [0.25, 0.3) is 5.91 Å². The highest BCUT2D eigenvalue weighted by atomic mass is 32.1. The van der Waals surface area contributed by atoms with Crippen LogP contribution in [0.4, 0.5) is 4.39 Å². The smallest absolute Gasteiger partial charge is 0.276 e. The van der Waals surface area contributed by atoms with Crippen molar-refractivity contribution in [3.05, 3.63) is 41.2 Å². The van der Waals surface area contributed by atoms with Gasteiger partial charge in [0.15, 0.2) is 5.69 Å². The van der Waals surface area contributed by atoms with Crippen LogP contribution >= 0.6 is 11.7 Å². The van der Waals surface area contributed by atoms with Crippen molar-refractivity contribution in [2.45, 2.75) is 25.8 Å². The summed E-state index contributed by atoms with van der Waals surface area (Å²) in [6, 6.07) is 4.30. The number of likely N-dealkylation sites (tertiary alicyclic amines) is 1. The molecule has 1 aliphatic rings. The molecule has 118 valence electrons. The largest absolute Gasteiger partial charge is 0.340 e. The lowest BCUT2D eigenvalue weighted by atomic mass is 10.2. The molecular weight excluding hydrogens is 317 g/mol. The van der Waals surface area contributed by atoms with E-state index in [9.17, 15) is 9.18 Å². The Hall–Kier alpha value is -2.35. The van der Waals surface area contributed by atoms with Crippen LogP contribution in [0.1, 0.15) is 40.9 Å². The number of benzene rings is 1. The lowest BCUT2D eigenvalue weighted by molar-refractivity contribution is 0.0725. The number of halogens is 1. The molecule has 6 nitrogen and oxygen atoms in total. The van der Waals surface area contributed by atoms with E-state index in [0.717, 1.165) is 24.6 Å². The predicted molar refractivity (Wildman–Crippen MR) is 83.7 cm³/mol. The quantitative estimate of drug-likeness (QED) is 0.783. The SMILES string of the molecule is Cc1nsnc1C(=O)N1CCCC1c1nc2ccc(F)cc2[nH]1. The van der Waals surface area contributed by atoms with Crippen molar-refractivity contribution in [2.75, 3.05) is 6.54 Å². The predicted octanol–water partition coefficient (Wildman–Crippen LogP) is 2.84. The number of nitrogens with zero attached hydrogens (tertiary/aromatic N) is 4. The third kappa shape index (κ3) is 2.39. The van der Waals surface area contributed by atoms with E-state index in [2.05, 4.69) is 18.7 Å². The van der Waals surface area contributed by atoms with E-state index >= 15 is 0 Å². The van der Waals surface area contributed by atoms with Crippen molar-refractivity contribution >= 4 is 28.7 Å². The number of fused-ring (bicyclic) bond motifs is 1. The molecule has 4 rings (SSSR count). The van der Waals surface area contributed by atoms with Gasteiger partial charge in [0.2, 0.25) is 0 Å². The normalized spacial score (nSPS) is 18.0. The summed E-state index contributed by atoms with van der Waals surface area (Å²) in [7, 11) is 0. The Balaban J connectivity index is 1.69. The van der Waals surface area contributed by atoms with Gasteiger partial charge < -0.3 is 9.88 Å². The van der Waals surface area contributed by atoms with E-state index in [1.165, 1.54) is 12.1 Å². The Morgan fingerprint density at radius 1 is 1.43 bits per heavy atom. The molecule has 0 bridgehead atoms. The van der Waals surface area contributed by atoms with Crippen LogP contribution in [0.2, 0.25) is 0 Å². The average Bonchev–Trinajstić information content (AvgIpc) is 3.23. The first-order chi connectivity index (χ1) is 11.1. The second-order valence-electron chi connectivity index (χ2n) is 5.64. The Bertz CT molecular complexity index is 889. The van der Waals surface area contributed by atoms with E-state index < -0.39 is 0 Å². The second kappa shape index (κ2) is 5.38. The van der Waals surface area contributed by atoms with Crippen LogP contribution in [0.15, 0.2) is 18.2 Å². The van der Waals surface area contributed by atoms with Crippen molar-refractivity contribution in [1.82, 2.24) is 23.6 Å². The Kier molecular flexibility index (Phi) is 3.33. The minimum Gasteiger partial charge on any atom is -0.340 e. The fourth-order valence-corrected chi connectivity index (χ4v) is 3.56. The number of aromatic nitrogens is 4. The maximum atomic E-state index is 13.3. The fraction of sp³-hybridized carbons (Fsp3) is 0.333. The summed E-state index contributed by atoms with van der Waals surface area (Å²) >= 11 is 1.04. The third-order valence-electron chi connectivity index (χ3n) is 4.15. The highest BCUT2D eigenvalue weighted by molar-refractivity contribution is 6.99. The number of H-pyrrole nitrogens is 1. The maximum Gasteiger partial charge on any atom is 0.276 e. The molecule has 0 saturated carbocycles. The van der Waals surface area contributed by atoms with Crippen LogP contribution < -0.4 is 0 Å². The monoisotopic (exact) mass is 331 g/mol. The summed E-state index contributed by atoms with van der Waals surface area (Å²) in [5, 5.41) is 0. The molecule has 1 N–H and O–H groups in total. The molecule has 1 aromatic carbocycles. The first kappa shape index (κ1) is 14.3. The summed E-state index contributed by atoms with van der Waals surface area (Å²) < 4.78 is 21.5. The number of nitrogens with one attached hydrogen (secondary N) is 1. The van der Waals surface area contributed by atoms with Crippen molar-refractivity contribution in [1.29, 1.82) is 0 Å². The van der Waals surface area contributed by atoms with Gasteiger partial charge in [-0.1, -0.05) is 0 Å². The van der Waals surface area contributed by atoms with Gasteiger partial charge in [-0.2, -0.15) is 8.75 Å². The highest BCUT2D eigenvalue weighted by Gasteiger charge is 2.34. The molecule has 1 unspecified atom stereocenters. The van der Waals surface area contributed by atoms with Gasteiger partial charge in [-0.25, -0.2) is 9.37 Å². The third-order valence-corrected chi connectivity index (χ3v) is 4.77. The molecule has 8 heteroatoms. The summed E-state index contributed by atoms with van der Waals surface area (Å²) in [4.78, 5) is 22.2. The van der Waals surface area contributed by atoms with Crippen LogP contribution in [0, 0.1) is 12.7 Å². The number of amides is 1. The number of carbonyl (C=O) groups excluding carboxylic acids is 1. The molecule has 0 radical (unpaired) electrons. The molecule has 1 fully saturated rings. The molecular formula is C15H14FN5OS. The van der Waals surface area contributed by atoms with E-state index in [4.69, 9.17) is 0 Å². The van der Waals surface area contributed by atoms with Gasteiger partial charge in [0, 0.05) is 6.54 Å². The van der Waals surface area contributed by atoms with Crippen molar-refractivity contribution < 1.29 is 9.18 Å². The Morgan fingerprint density at radius 2 is 2.30 bits per heavy atom. The van der Waals surface area contributed by atoms with Crippen LogP contribution in [-0.4, -0.2) is 36.1 Å². The van der Waals surface area contributed by atoms with Gasteiger partial charge in [-0.05, 0) is 38.0 Å². The van der Waals surface area contributed by atoms with Crippen LogP contribution in [0.25, 0.3) is 11.0 Å². The fourth-order valence-electron chi connectivity index (χ4n) is 3.02. The molecule has 1 saturated heterocycles. The Morgan fingerprint density at radius 3 is 3.09 bits per heavy atom. The molecule has 2 aromatic heterocycles. The van der Waals surface area contributed by atoms with Gasteiger partial charge in [-0.3, -0.25) is 4.79 Å². The standard InChI is InChI=1S/C15H14FN5OS/c1-8-13(20-23-19-8)15(22)21-6-2-3-12(21)14-17-10-5-4-9(16)7-11(10)18-14/h4-5,7,12H,2-3,6H2,1H3,(H,17,18). The van der Waals surface area contributed by atoms with Gasteiger partial charge in [-0.15, -0.1) is 0 Å². The number of hydrogen-bond acceptors (Lipinski definition) is 5. The summed E-state index contributed by atoms with van der Waals surface area (Å²) in [5.41, 5.74) is 2.40. The van der Waals surface area contributed by atoms with Crippen molar-refractivity contribution in [3.8, 4) is 0 Å². The van der Waals surface area contributed by atoms with Gasteiger partial charge in [0.05, 0.1) is 34.5 Å². The van der Waals surface area contributed by atoms with Crippen LogP contribution in [0.3, 0.4) is 0 Å². The topological polar surface area (TPSA) is 74.8 Å². The summed E-state index contributed by atoms with van der Waals surface area (Å²) in [6.07, 6.45) is 1.73. The zero-order valence-electron chi connectivity index (χ0n) is 12.4. The minimum atomic E-state index is -0.309. The Labute approximate surface area is 135 Å². The minimum absolute atomic E-state index is 0.120. The summed E-state index contributed by atoms with van der Waals surface area (Å²) in [6.45, 7) is 2.44. The van der Waals surface area contributed by atoms with Crippen LogP contribution in [-0.2, 0) is 0 Å². The van der Waals surface area contributed by atoms with Crippen molar-refractivity contribution in [2.24, 2.45) is 0 Å². The van der Waals surface area contributed by atoms with Gasteiger partial charge >= 0.3 is 0 Å². The van der Waals surface area contributed by atoms with E-state index in [-0.39, 0.29) is 17.8 Å². The number of rotatable bonds is 2. The first-order valence-electron chi connectivity index (χ1n) is 7.39. The molecule has 23 heavy (non-hydrogen) atoms. The van der Waals surface area contributed by atoms with Crippen LogP contribution in [0.5, 0.6) is 0 Å². The molecule has 1 atom stereocenters. The lowest BCUT2D eigenvalue weighted by Gasteiger charge is -2.22. The maximum absolute atomic E-state index is 13.3. The summed E-state index contributed by atoms with van der Waals surface area (Å²) in [5.74, 6) is 0.263. The molecule has 1 amide bonds. The lowest BCUT2D eigenvalue weighted by Crippen LogP contribution is -2.31. The number of hydrogen-bond donors (Lipinski definition) is 1. The van der Waals surface area contributed by atoms with E-state index in [0.29, 0.717) is 34.8 Å². The zero-order valence-corrected chi connectivity index (χ0v) is 13.2. The first-order valence-corrected chi connectivity index (χ1v) is 8.12. The number of carbonyl (C=O) groups is 1. The van der Waals surface area contributed by atoms with E-state index in [1.54, 1.807) is 17.9 Å². The number of aryl methyl sites for hydroxylation is 1. The highest BCUT2D eigenvalue weighted by Crippen LogP contribution is 2.32.